The fourth-order valence-corrected chi connectivity index (χ4v) is 3.18. The lowest BCUT2D eigenvalue weighted by molar-refractivity contribution is -0.274. The number of amides is 1. The molecule has 1 aliphatic heterocycles. The Labute approximate surface area is 165 Å². The van der Waals surface area contributed by atoms with Crippen LogP contribution in [-0.2, 0) is 4.74 Å². The Morgan fingerprint density at radius 2 is 2.15 bits per heavy atom. The predicted molar refractivity (Wildman–Crippen MR) is 96.2 cm³/mol. The smallest absolute Gasteiger partial charge is 0.404 e. The molecule has 0 atom stereocenters. The van der Waals surface area contributed by atoms with Crippen LogP contribution >= 0.6 is 27.5 Å². The number of rotatable bonds is 4. The third-order valence-corrected chi connectivity index (χ3v) is 4.43. The van der Waals surface area contributed by atoms with E-state index in [1.807, 2.05) is 4.90 Å². The number of halogens is 5. The second kappa shape index (κ2) is 7.91. The van der Waals surface area contributed by atoms with Crippen LogP contribution in [0.2, 0.25) is 5.02 Å². The first kappa shape index (κ1) is 19.7. The monoisotopic (exact) mass is 465 g/mol. The maximum absolute atomic E-state index is 12.4. The maximum atomic E-state index is 12.4. The van der Waals surface area contributed by atoms with E-state index in [1.165, 1.54) is 18.3 Å². The average molecular weight is 467 g/mol. The van der Waals surface area contributed by atoms with Crippen LogP contribution < -0.4 is 15.0 Å². The molecule has 0 radical (unpaired) electrons. The number of hydrogen-bond donors (Lipinski definition) is 1. The van der Waals surface area contributed by atoms with Crippen LogP contribution in [0.3, 0.4) is 0 Å². The highest BCUT2D eigenvalue weighted by atomic mass is 79.9. The summed E-state index contributed by atoms with van der Waals surface area (Å²) in [7, 11) is 0. The van der Waals surface area contributed by atoms with Crippen LogP contribution in [0, 0.1) is 0 Å². The van der Waals surface area contributed by atoms with E-state index in [-0.39, 0.29) is 16.3 Å². The largest absolute Gasteiger partial charge is 0.573 e. The summed E-state index contributed by atoms with van der Waals surface area (Å²) in [4.78, 5) is 18.5. The fourth-order valence-electron chi connectivity index (χ4n) is 2.36. The molecule has 144 valence electrons. The summed E-state index contributed by atoms with van der Waals surface area (Å²) in [5, 5.41) is 2.26. The van der Waals surface area contributed by atoms with E-state index in [2.05, 4.69) is 31.0 Å². The molecule has 6 nitrogen and oxygen atoms in total. The Kier molecular flexibility index (Phi) is 5.78. The Morgan fingerprint density at radius 1 is 1.37 bits per heavy atom. The molecule has 0 saturated carbocycles. The van der Waals surface area contributed by atoms with Gasteiger partial charge in [-0.25, -0.2) is 4.98 Å². The van der Waals surface area contributed by atoms with Crippen LogP contribution in [0.25, 0.3) is 0 Å². The second-order valence-electron chi connectivity index (χ2n) is 5.48. The van der Waals surface area contributed by atoms with Crippen molar-refractivity contribution in [3.05, 3.63) is 45.5 Å². The van der Waals surface area contributed by atoms with Crippen LogP contribution in [0.5, 0.6) is 5.75 Å². The predicted octanol–water partition coefficient (Wildman–Crippen LogP) is 4.44. The molecule has 0 bridgehead atoms. The number of ether oxygens (including phenoxy) is 2. The number of hydrogen-bond acceptors (Lipinski definition) is 5. The Hall–Kier alpha value is -2.04. The number of carbonyl (C=O) groups excluding carboxylic acids is 1. The molecular weight excluding hydrogens is 455 g/mol. The SMILES string of the molecule is O=C(Nc1ccc(OC(F)(F)F)c(Cl)c1)c1cnc(N2CCOC2)c(Br)c1. The lowest BCUT2D eigenvalue weighted by atomic mass is 10.2. The number of alkyl halides is 3. The van der Waals surface area contributed by atoms with Gasteiger partial charge < -0.3 is 19.7 Å². The summed E-state index contributed by atoms with van der Waals surface area (Å²) in [6, 6.07) is 5.04. The molecule has 3 rings (SSSR count). The number of carbonyl (C=O) groups is 1. The quantitative estimate of drug-likeness (QED) is 0.722. The van der Waals surface area contributed by atoms with E-state index in [9.17, 15) is 18.0 Å². The highest BCUT2D eigenvalue weighted by Gasteiger charge is 2.32. The second-order valence-corrected chi connectivity index (χ2v) is 6.74. The van der Waals surface area contributed by atoms with Crippen molar-refractivity contribution in [1.82, 2.24) is 4.98 Å². The van der Waals surface area contributed by atoms with Crippen molar-refractivity contribution in [1.29, 1.82) is 0 Å². The first-order valence-electron chi connectivity index (χ1n) is 7.58. The van der Waals surface area contributed by atoms with Gasteiger partial charge in [0.2, 0.25) is 0 Å². The summed E-state index contributed by atoms with van der Waals surface area (Å²) >= 11 is 9.15. The van der Waals surface area contributed by atoms with Crippen molar-refractivity contribution in [2.75, 3.05) is 30.1 Å². The number of pyridine rings is 1. The van der Waals surface area contributed by atoms with Crippen molar-refractivity contribution >= 4 is 44.9 Å². The molecule has 0 aliphatic carbocycles. The summed E-state index contributed by atoms with van der Waals surface area (Å²) in [6.07, 6.45) is -3.45. The van der Waals surface area contributed by atoms with Gasteiger partial charge in [-0.05, 0) is 40.2 Å². The maximum Gasteiger partial charge on any atom is 0.573 e. The van der Waals surface area contributed by atoms with Gasteiger partial charge in [-0.1, -0.05) is 11.6 Å². The molecule has 1 aromatic carbocycles. The van der Waals surface area contributed by atoms with Gasteiger partial charge in [0.1, 0.15) is 18.3 Å². The molecule has 2 heterocycles. The van der Waals surface area contributed by atoms with Crippen LogP contribution in [0.1, 0.15) is 10.4 Å². The summed E-state index contributed by atoms with van der Waals surface area (Å²) < 4.78 is 46.5. The highest BCUT2D eigenvalue weighted by molar-refractivity contribution is 9.10. The number of anilines is 2. The topological polar surface area (TPSA) is 63.7 Å². The van der Waals surface area contributed by atoms with E-state index in [0.717, 1.165) is 6.07 Å². The molecular formula is C16H12BrClF3N3O3. The number of aromatic nitrogens is 1. The molecule has 1 N–H and O–H groups in total. The van der Waals surface area contributed by atoms with Gasteiger partial charge >= 0.3 is 6.36 Å². The van der Waals surface area contributed by atoms with Gasteiger partial charge in [-0.3, -0.25) is 4.79 Å². The molecule has 1 amide bonds. The molecule has 0 spiro atoms. The van der Waals surface area contributed by atoms with Gasteiger partial charge in [0.25, 0.3) is 5.91 Å². The Morgan fingerprint density at radius 3 is 2.74 bits per heavy atom. The van der Waals surface area contributed by atoms with E-state index >= 15 is 0 Å². The van der Waals surface area contributed by atoms with Gasteiger partial charge in [0.15, 0.2) is 0 Å². The van der Waals surface area contributed by atoms with Crippen LogP contribution in [-0.4, -0.2) is 37.1 Å². The summed E-state index contributed by atoms with van der Waals surface area (Å²) in [6.45, 7) is 1.72. The van der Waals surface area contributed by atoms with Crippen molar-refractivity contribution in [3.63, 3.8) is 0 Å². The fraction of sp³-hybridized carbons (Fsp3) is 0.250. The van der Waals surface area contributed by atoms with E-state index < -0.39 is 18.0 Å². The lowest BCUT2D eigenvalue weighted by Crippen LogP contribution is -2.21. The zero-order valence-electron chi connectivity index (χ0n) is 13.5. The van der Waals surface area contributed by atoms with Gasteiger partial charge in [-0.2, -0.15) is 0 Å². The minimum atomic E-state index is -4.85. The van der Waals surface area contributed by atoms with Gasteiger partial charge in [0, 0.05) is 18.4 Å². The normalized spacial score (nSPS) is 14.3. The molecule has 1 aromatic heterocycles. The highest BCUT2D eigenvalue weighted by Crippen LogP contribution is 2.32. The minimum absolute atomic E-state index is 0.215. The molecule has 2 aromatic rings. The standard InChI is InChI=1S/C16H12BrClF3N3O3/c17-11-5-9(7-22-14(11)24-3-4-26-8-24)15(25)23-10-1-2-13(12(18)6-10)27-16(19,20)21/h1-2,5-7H,3-4,8H2,(H,23,25). The summed E-state index contributed by atoms with van der Waals surface area (Å²) in [5.41, 5.74) is 0.477. The van der Waals surface area contributed by atoms with E-state index in [0.29, 0.717) is 30.2 Å². The third-order valence-electron chi connectivity index (χ3n) is 3.55. The Balaban J connectivity index is 1.71. The van der Waals surface area contributed by atoms with Crippen molar-refractivity contribution in [2.24, 2.45) is 0 Å². The molecule has 1 fully saturated rings. The van der Waals surface area contributed by atoms with Crippen molar-refractivity contribution in [2.45, 2.75) is 6.36 Å². The molecule has 1 aliphatic rings. The Bertz CT molecular complexity index is 861. The molecule has 0 unspecified atom stereocenters. The van der Waals surface area contributed by atoms with E-state index in [4.69, 9.17) is 16.3 Å². The molecule has 27 heavy (non-hydrogen) atoms. The minimum Gasteiger partial charge on any atom is -0.404 e. The van der Waals surface area contributed by atoms with Gasteiger partial charge in [0.05, 0.1) is 21.7 Å². The lowest BCUT2D eigenvalue weighted by Gasteiger charge is -2.16. The van der Waals surface area contributed by atoms with Crippen LogP contribution in [0.15, 0.2) is 34.9 Å². The van der Waals surface area contributed by atoms with E-state index in [1.54, 1.807) is 6.07 Å². The zero-order valence-corrected chi connectivity index (χ0v) is 15.9. The number of benzene rings is 1. The van der Waals surface area contributed by atoms with Gasteiger partial charge in [-0.15, -0.1) is 13.2 Å². The molecule has 1 saturated heterocycles. The van der Waals surface area contributed by atoms with Crippen molar-refractivity contribution < 1.29 is 27.4 Å². The average Bonchev–Trinajstić information content (AvgIpc) is 3.10. The first-order chi connectivity index (χ1) is 12.7. The zero-order chi connectivity index (χ0) is 19.6. The number of nitrogens with one attached hydrogen (secondary N) is 1. The molecule has 11 heteroatoms. The van der Waals surface area contributed by atoms with Crippen LogP contribution in [0.4, 0.5) is 24.7 Å². The van der Waals surface area contributed by atoms with Crippen molar-refractivity contribution in [3.8, 4) is 5.75 Å². The third kappa shape index (κ3) is 5.02. The summed E-state index contributed by atoms with van der Waals surface area (Å²) in [5.74, 6) is -0.391. The number of nitrogens with zero attached hydrogens (tertiary/aromatic N) is 2. The first-order valence-corrected chi connectivity index (χ1v) is 8.75.